The van der Waals surface area contributed by atoms with Gasteiger partial charge in [0.25, 0.3) is 5.91 Å². The summed E-state index contributed by atoms with van der Waals surface area (Å²) in [5.74, 6) is 0.891. The molecule has 3 rings (SSSR count). The van der Waals surface area contributed by atoms with Gasteiger partial charge in [-0.15, -0.1) is 11.3 Å². The van der Waals surface area contributed by atoms with Crippen LogP contribution in [0.25, 0.3) is 10.2 Å². The predicted octanol–water partition coefficient (Wildman–Crippen LogP) is 4.19. The van der Waals surface area contributed by atoms with Gasteiger partial charge in [0, 0.05) is 38.4 Å². The van der Waals surface area contributed by atoms with Crippen LogP contribution < -0.4 is 5.32 Å². The van der Waals surface area contributed by atoms with Crippen LogP contribution in [-0.4, -0.2) is 41.5 Å². The average Bonchev–Trinajstić information content (AvgIpc) is 3.13. The first-order valence-electron chi connectivity index (χ1n) is 9.10. The molecule has 0 spiro atoms. The molecular formula is C21H23N3O2S2. The fraction of sp³-hybridized carbons (Fsp3) is 0.286. The number of amides is 2. The summed E-state index contributed by atoms with van der Waals surface area (Å²) in [4.78, 5) is 30.3. The molecule has 0 unspecified atom stereocenters. The second-order valence-corrected chi connectivity index (χ2v) is 8.80. The number of carbonyl (C=O) groups excluding carboxylic acids is 2. The van der Waals surface area contributed by atoms with Gasteiger partial charge in [-0.2, -0.15) is 0 Å². The number of fused-ring (bicyclic) bond motifs is 1. The second kappa shape index (κ2) is 9.71. The Balaban J connectivity index is 1.42. The van der Waals surface area contributed by atoms with Crippen molar-refractivity contribution in [1.82, 2.24) is 15.2 Å². The van der Waals surface area contributed by atoms with Gasteiger partial charge in [0.2, 0.25) is 5.91 Å². The number of hydrogen-bond donors (Lipinski definition) is 1. The van der Waals surface area contributed by atoms with Gasteiger partial charge in [0.15, 0.2) is 4.34 Å². The molecule has 2 amide bonds. The van der Waals surface area contributed by atoms with E-state index in [1.165, 1.54) is 4.70 Å². The quantitative estimate of drug-likeness (QED) is 0.444. The molecule has 28 heavy (non-hydrogen) atoms. The normalized spacial score (nSPS) is 10.8. The largest absolute Gasteiger partial charge is 0.355 e. The number of benzene rings is 2. The highest BCUT2D eigenvalue weighted by Crippen LogP contribution is 2.29. The molecule has 3 aromatic rings. The Kier molecular flexibility index (Phi) is 7.06. The fourth-order valence-corrected chi connectivity index (χ4v) is 4.83. The lowest BCUT2D eigenvalue weighted by Gasteiger charge is -2.17. The number of nitrogens with one attached hydrogen (secondary N) is 1. The van der Waals surface area contributed by atoms with E-state index in [1.807, 2.05) is 37.4 Å². The molecule has 7 heteroatoms. The van der Waals surface area contributed by atoms with Crippen LogP contribution >= 0.6 is 23.1 Å². The molecule has 1 aromatic heterocycles. The Morgan fingerprint density at radius 1 is 1.14 bits per heavy atom. The highest BCUT2D eigenvalue weighted by molar-refractivity contribution is 8.01. The summed E-state index contributed by atoms with van der Waals surface area (Å²) in [5, 5.41) is 2.60. The van der Waals surface area contributed by atoms with E-state index >= 15 is 0 Å². The molecule has 0 radical (unpaired) electrons. The van der Waals surface area contributed by atoms with Crippen molar-refractivity contribution >= 4 is 45.1 Å². The summed E-state index contributed by atoms with van der Waals surface area (Å²) in [7, 11) is 3.42. The summed E-state index contributed by atoms with van der Waals surface area (Å²) in [6, 6.07) is 15.5. The lowest BCUT2D eigenvalue weighted by atomic mass is 10.1. The minimum atomic E-state index is -0.110. The van der Waals surface area contributed by atoms with Gasteiger partial charge < -0.3 is 10.2 Å². The summed E-state index contributed by atoms with van der Waals surface area (Å²) < 4.78 is 2.25. The standard InChI is InChI=1S/C21H23N3O2S2/c1-22-20(26)16-11-9-15(10-12-16)14-24(2)19(25)8-5-13-27-21-23-17-6-3-4-7-18(17)28-21/h3-4,6-7,9-12H,5,8,13-14H2,1-2H3,(H,22,26). The molecule has 1 heterocycles. The zero-order valence-corrected chi connectivity index (χ0v) is 17.6. The summed E-state index contributed by atoms with van der Waals surface area (Å²) in [6.45, 7) is 0.540. The fourth-order valence-electron chi connectivity index (χ4n) is 2.75. The monoisotopic (exact) mass is 413 g/mol. The molecule has 0 bridgehead atoms. The van der Waals surface area contributed by atoms with E-state index in [9.17, 15) is 9.59 Å². The van der Waals surface area contributed by atoms with Gasteiger partial charge in [-0.25, -0.2) is 4.98 Å². The molecule has 146 valence electrons. The summed E-state index contributed by atoms with van der Waals surface area (Å²) >= 11 is 3.41. The molecule has 0 saturated carbocycles. The van der Waals surface area contributed by atoms with E-state index in [4.69, 9.17) is 0 Å². The van der Waals surface area contributed by atoms with Gasteiger partial charge in [-0.3, -0.25) is 9.59 Å². The van der Waals surface area contributed by atoms with Crippen LogP contribution in [-0.2, 0) is 11.3 Å². The molecule has 0 atom stereocenters. The van der Waals surface area contributed by atoms with Gasteiger partial charge in [-0.1, -0.05) is 36.0 Å². The minimum absolute atomic E-state index is 0.110. The number of para-hydroxylation sites is 1. The Morgan fingerprint density at radius 3 is 2.61 bits per heavy atom. The Morgan fingerprint density at radius 2 is 1.89 bits per heavy atom. The first-order valence-corrected chi connectivity index (χ1v) is 10.9. The Labute approximate surface area is 173 Å². The number of aromatic nitrogens is 1. The number of thioether (sulfide) groups is 1. The maximum atomic E-state index is 12.4. The van der Waals surface area contributed by atoms with Crippen LogP contribution in [0, 0.1) is 0 Å². The van der Waals surface area contributed by atoms with Gasteiger partial charge in [-0.05, 0) is 36.2 Å². The maximum Gasteiger partial charge on any atom is 0.251 e. The molecule has 0 saturated heterocycles. The van der Waals surface area contributed by atoms with E-state index in [0.717, 1.165) is 27.6 Å². The summed E-state index contributed by atoms with van der Waals surface area (Å²) in [6.07, 6.45) is 1.34. The van der Waals surface area contributed by atoms with Crippen molar-refractivity contribution in [2.45, 2.75) is 23.7 Å². The third-order valence-electron chi connectivity index (χ3n) is 4.32. The van der Waals surface area contributed by atoms with Gasteiger partial charge in [0.1, 0.15) is 0 Å². The van der Waals surface area contributed by atoms with Gasteiger partial charge in [0.05, 0.1) is 10.2 Å². The lowest BCUT2D eigenvalue weighted by molar-refractivity contribution is -0.130. The topological polar surface area (TPSA) is 62.3 Å². The van der Waals surface area contributed by atoms with Gasteiger partial charge >= 0.3 is 0 Å². The third-order valence-corrected chi connectivity index (χ3v) is 6.59. The first kappa shape index (κ1) is 20.4. The van der Waals surface area contributed by atoms with Crippen molar-refractivity contribution in [2.24, 2.45) is 0 Å². The molecule has 0 aliphatic heterocycles. The van der Waals surface area contributed by atoms with E-state index in [-0.39, 0.29) is 11.8 Å². The van der Waals surface area contributed by atoms with E-state index in [2.05, 4.69) is 16.4 Å². The van der Waals surface area contributed by atoms with Crippen molar-refractivity contribution in [2.75, 3.05) is 19.8 Å². The summed E-state index contributed by atoms with van der Waals surface area (Å²) in [5.41, 5.74) is 2.66. The molecule has 0 aliphatic rings. The minimum Gasteiger partial charge on any atom is -0.355 e. The first-order chi connectivity index (χ1) is 13.6. The highest BCUT2D eigenvalue weighted by atomic mass is 32.2. The number of hydrogen-bond acceptors (Lipinski definition) is 5. The number of rotatable bonds is 8. The highest BCUT2D eigenvalue weighted by Gasteiger charge is 2.11. The number of carbonyl (C=O) groups is 2. The van der Waals surface area contributed by atoms with Crippen LogP contribution in [0.3, 0.4) is 0 Å². The Hall–Kier alpha value is -2.38. The molecule has 0 aliphatic carbocycles. The lowest BCUT2D eigenvalue weighted by Crippen LogP contribution is -2.26. The predicted molar refractivity (Wildman–Crippen MR) is 116 cm³/mol. The van der Waals surface area contributed by atoms with E-state index in [0.29, 0.717) is 18.5 Å². The van der Waals surface area contributed by atoms with Crippen LogP contribution in [0.15, 0.2) is 52.9 Å². The zero-order valence-electron chi connectivity index (χ0n) is 16.0. The third kappa shape index (κ3) is 5.33. The smallest absolute Gasteiger partial charge is 0.251 e. The SMILES string of the molecule is CNC(=O)c1ccc(CN(C)C(=O)CCCSc2nc3ccccc3s2)cc1. The molecule has 1 N–H and O–H groups in total. The zero-order chi connectivity index (χ0) is 19.9. The van der Waals surface area contributed by atoms with Crippen LogP contribution in [0.1, 0.15) is 28.8 Å². The van der Waals surface area contributed by atoms with E-state index in [1.54, 1.807) is 47.2 Å². The molecule has 2 aromatic carbocycles. The number of nitrogens with zero attached hydrogens (tertiary/aromatic N) is 2. The maximum absolute atomic E-state index is 12.4. The molecular weight excluding hydrogens is 390 g/mol. The molecule has 5 nitrogen and oxygen atoms in total. The van der Waals surface area contributed by atoms with Crippen molar-refractivity contribution in [3.05, 3.63) is 59.7 Å². The van der Waals surface area contributed by atoms with Crippen LogP contribution in [0.2, 0.25) is 0 Å². The second-order valence-electron chi connectivity index (χ2n) is 6.43. The van der Waals surface area contributed by atoms with Crippen LogP contribution in [0.4, 0.5) is 0 Å². The van der Waals surface area contributed by atoms with Crippen LogP contribution in [0.5, 0.6) is 0 Å². The van der Waals surface area contributed by atoms with Crippen molar-refractivity contribution in [1.29, 1.82) is 0 Å². The Bertz CT molecular complexity index is 921. The van der Waals surface area contributed by atoms with Crippen molar-refractivity contribution < 1.29 is 9.59 Å². The molecule has 0 fully saturated rings. The van der Waals surface area contributed by atoms with Crippen molar-refractivity contribution in [3.63, 3.8) is 0 Å². The average molecular weight is 414 g/mol. The van der Waals surface area contributed by atoms with Crippen molar-refractivity contribution in [3.8, 4) is 0 Å². The number of thiazole rings is 1. The van der Waals surface area contributed by atoms with E-state index < -0.39 is 0 Å².